The lowest BCUT2D eigenvalue weighted by Gasteiger charge is -2.15. The molecule has 172 valence electrons. The molecule has 0 fully saturated rings. The van der Waals surface area contributed by atoms with Crippen molar-refractivity contribution in [2.45, 2.75) is 38.5 Å². The molecule has 0 spiro atoms. The Bertz CT molecular complexity index is 1160. The number of thioether (sulfide) groups is 1. The predicted molar refractivity (Wildman–Crippen MR) is 126 cm³/mol. The fourth-order valence-electron chi connectivity index (χ4n) is 3.18. The zero-order valence-electron chi connectivity index (χ0n) is 18.5. The molecule has 2 amide bonds. The molecule has 10 heteroatoms. The van der Waals surface area contributed by atoms with E-state index in [4.69, 9.17) is 5.11 Å². The molecule has 0 bridgehead atoms. The topological polar surface area (TPSA) is 126 Å². The lowest BCUT2D eigenvalue weighted by Crippen LogP contribution is -2.28. The van der Waals surface area contributed by atoms with Crippen molar-refractivity contribution in [3.05, 3.63) is 71.0 Å². The van der Waals surface area contributed by atoms with Gasteiger partial charge in [-0.05, 0) is 57.2 Å². The summed E-state index contributed by atoms with van der Waals surface area (Å²) in [6.45, 7) is 6.29. The van der Waals surface area contributed by atoms with Crippen LogP contribution in [0.1, 0.15) is 52.0 Å². The number of carboxylic acids is 1. The van der Waals surface area contributed by atoms with E-state index in [1.54, 1.807) is 6.07 Å². The van der Waals surface area contributed by atoms with Crippen molar-refractivity contribution in [3.63, 3.8) is 0 Å². The Balaban J connectivity index is 1.60. The van der Waals surface area contributed by atoms with Crippen molar-refractivity contribution < 1.29 is 19.5 Å². The number of nitrogens with zero attached hydrogens (tertiary/aromatic N) is 3. The molecule has 2 aromatic carbocycles. The molecule has 0 aliphatic heterocycles. The summed E-state index contributed by atoms with van der Waals surface area (Å²) in [6, 6.07) is 12.9. The van der Waals surface area contributed by atoms with E-state index in [0.29, 0.717) is 28.8 Å². The Morgan fingerprint density at radius 1 is 1.09 bits per heavy atom. The van der Waals surface area contributed by atoms with E-state index in [1.807, 2.05) is 43.5 Å². The molecular weight excluding hydrogens is 442 g/mol. The smallest absolute Gasteiger partial charge is 0.335 e. The van der Waals surface area contributed by atoms with Crippen LogP contribution >= 0.6 is 11.8 Å². The number of hydrogen-bond donors (Lipinski definition) is 3. The SMILES string of the molecule is CCn1c(SCC(=O)Nc2ccc(C(=O)O)cc2)nnc1C(C)NC(=O)c1cccc(C)c1. The Labute approximate surface area is 195 Å². The van der Waals surface area contributed by atoms with Gasteiger partial charge in [0, 0.05) is 17.8 Å². The van der Waals surface area contributed by atoms with Crippen LogP contribution in [0, 0.1) is 6.92 Å². The van der Waals surface area contributed by atoms with E-state index in [9.17, 15) is 14.4 Å². The summed E-state index contributed by atoms with van der Waals surface area (Å²) in [7, 11) is 0. The lowest BCUT2D eigenvalue weighted by atomic mass is 10.1. The molecule has 0 aliphatic rings. The molecule has 0 saturated heterocycles. The third-order valence-corrected chi connectivity index (χ3v) is 5.79. The van der Waals surface area contributed by atoms with Gasteiger partial charge in [0.15, 0.2) is 11.0 Å². The number of carbonyl (C=O) groups is 3. The largest absolute Gasteiger partial charge is 0.478 e. The minimum atomic E-state index is -1.03. The zero-order valence-corrected chi connectivity index (χ0v) is 19.3. The highest BCUT2D eigenvalue weighted by Gasteiger charge is 2.20. The molecule has 3 aromatic rings. The number of nitrogens with one attached hydrogen (secondary N) is 2. The molecule has 1 atom stereocenters. The normalized spacial score (nSPS) is 11.6. The number of carbonyl (C=O) groups excluding carboxylic acids is 2. The van der Waals surface area contributed by atoms with Crippen LogP contribution in [0.4, 0.5) is 5.69 Å². The van der Waals surface area contributed by atoms with E-state index in [1.165, 1.54) is 36.0 Å². The second kappa shape index (κ2) is 10.8. The fraction of sp³-hybridized carbons (Fsp3) is 0.261. The van der Waals surface area contributed by atoms with Gasteiger partial charge in [0.1, 0.15) is 0 Å². The van der Waals surface area contributed by atoms with E-state index in [-0.39, 0.29) is 29.2 Å². The van der Waals surface area contributed by atoms with Gasteiger partial charge in [-0.25, -0.2) is 4.79 Å². The Morgan fingerprint density at radius 2 is 1.82 bits per heavy atom. The monoisotopic (exact) mass is 467 g/mol. The van der Waals surface area contributed by atoms with Crippen LogP contribution in [0.2, 0.25) is 0 Å². The molecule has 3 rings (SSSR count). The third-order valence-electron chi connectivity index (χ3n) is 4.82. The molecule has 0 radical (unpaired) electrons. The fourth-order valence-corrected chi connectivity index (χ4v) is 3.99. The van der Waals surface area contributed by atoms with Gasteiger partial charge in [-0.15, -0.1) is 10.2 Å². The number of amides is 2. The van der Waals surface area contributed by atoms with Crippen LogP contribution < -0.4 is 10.6 Å². The number of carboxylic acid groups (broad SMARTS) is 1. The Hall–Kier alpha value is -3.66. The second-order valence-electron chi connectivity index (χ2n) is 7.37. The lowest BCUT2D eigenvalue weighted by molar-refractivity contribution is -0.113. The standard InChI is InChI=1S/C23H25N5O4S/c1-4-28-20(15(3)24-21(30)17-7-5-6-14(2)12-17)26-27-23(28)33-13-19(29)25-18-10-8-16(9-11-18)22(31)32/h5-12,15H,4,13H2,1-3H3,(H,24,30)(H,25,29)(H,31,32). The first-order valence-corrected chi connectivity index (χ1v) is 11.3. The average Bonchev–Trinajstić information content (AvgIpc) is 3.21. The van der Waals surface area contributed by atoms with Gasteiger partial charge < -0.3 is 20.3 Å². The minimum Gasteiger partial charge on any atom is -0.478 e. The molecule has 33 heavy (non-hydrogen) atoms. The minimum absolute atomic E-state index is 0.100. The number of anilines is 1. The molecule has 1 unspecified atom stereocenters. The highest BCUT2D eigenvalue weighted by Crippen LogP contribution is 2.21. The summed E-state index contributed by atoms with van der Waals surface area (Å²) < 4.78 is 1.86. The van der Waals surface area contributed by atoms with Crippen molar-refractivity contribution in [3.8, 4) is 0 Å². The van der Waals surface area contributed by atoms with Crippen molar-refractivity contribution in [1.82, 2.24) is 20.1 Å². The highest BCUT2D eigenvalue weighted by atomic mass is 32.2. The quantitative estimate of drug-likeness (QED) is 0.411. The Morgan fingerprint density at radius 3 is 2.45 bits per heavy atom. The number of rotatable bonds is 9. The van der Waals surface area contributed by atoms with Gasteiger partial charge >= 0.3 is 5.97 Å². The van der Waals surface area contributed by atoms with Crippen molar-refractivity contribution in [2.24, 2.45) is 0 Å². The molecule has 0 aliphatic carbocycles. The van der Waals surface area contributed by atoms with Crippen LogP contribution in [0.3, 0.4) is 0 Å². The third kappa shape index (κ3) is 6.19. The van der Waals surface area contributed by atoms with Crippen molar-refractivity contribution in [2.75, 3.05) is 11.1 Å². The number of aromatic nitrogens is 3. The first kappa shape index (κ1) is 24.0. The van der Waals surface area contributed by atoms with Crippen LogP contribution in [0.15, 0.2) is 53.7 Å². The predicted octanol–water partition coefficient (Wildman–Crippen LogP) is 3.53. The van der Waals surface area contributed by atoms with E-state index in [2.05, 4.69) is 20.8 Å². The van der Waals surface area contributed by atoms with Gasteiger partial charge in [-0.2, -0.15) is 0 Å². The molecule has 0 saturated carbocycles. The number of hydrogen-bond acceptors (Lipinski definition) is 6. The Kier molecular flexibility index (Phi) is 7.83. The van der Waals surface area contributed by atoms with E-state index in [0.717, 1.165) is 5.56 Å². The summed E-state index contributed by atoms with van der Waals surface area (Å²) >= 11 is 1.23. The molecule has 9 nitrogen and oxygen atoms in total. The number of benzene rings is 2. The van der Waals surface area contributed by atoms with E-state index < -0.39 is 5.97 Å². The maximum Gasteiger partial charge on any atom is 0.335 e. The van der Waals surface area contributed by atoms with Crippen molar-refractivity contribution in [1.29, 1.82) is 0 Å². The summed E-state index contributed by atoms with van der Waals surface area (Å²) in [5, 5.41) is 23.6. The molecular formula is C23H25N5O4S. The summed E-state index contributed by atoms with van der Waals surface area (Å²) in [4.78, 5) is 35.8. The maximum absolute atomic E-state index is 12.6. The van der Waals surface area contributed by atoms with Gasteiger partial charge in [0.2, 0.25) is 5.91 Å². The first-order chi connectivity index (χ1) is 15.8. The highest BCUT2D eigenvalue weighted by molar-refractivity contribution is 7.99. The van der Waals surface area contributed by atoms with Gasteiger partial charge in [-0.3, -0.25) is 9.59 Å². The van der Waals surface area contributed by atoms with Gasteiger partial charge in [0.05, 0.1) is 17.4 Å². The number of aryl methyl sites for hydroxylation is 1. The zero-order chi connectivity index (χ0) is 24.0. The van der Waals surface area contributed by atoms with Crippen LogP contribution in [0.5, 0.6) is 0 Å². The maximum atomic E-state index is 12.6. The molecule has 1 aromatic heterocycles. The van der Waals surface area contributed by atoms with Gasteiger partial charge in [0.25, 0.3) is 5.91 Å². The number of aromatic carboxylic acids is 1. The van der Waals surface area contributed by atoms with Crippen LogP contribution in [0.25, 0.3) is 0 Å². The summed E-state index contributed by atoms with van der Waals surface area (Å²) in [5.41, 5.74) is 2.24. The average molecular weight is 468 g/mol. The van der Waals surface area contributed by atoms with Crippen LogP contribution in [-0.4, -0.2) is 43.4 Å². The molecule has 1 heterocycles. The summed E-state index contributed by atoms with van der Waals surface area (Å²) in [5.74, 6) is -0.772. The van der Waals surface area contributed by atoms with Gasteiger partial charge in [-0.1, -0.05) is 29.5 Å². The van der Waals surface area contributed by atoms with Crippen LogP contribution in [-0.2, 0) is 11.3 Å². The molecule has 3 N–H and O–H groups in total. The second-order valence-corrected chi connectivity index (χ2v) is 8.31. The van der Waals surface area contributed by atoms with Crippen molar-refractivity contribution >= 4 is 35.2 Å². The first-order valence-electron chi connectivity index (χ1n) is 10.3. The van der Waals surface area contributed by atoms with E-state index >= 15 is 0 Å². The summed E-state index contributed by atoms with van der Waals surface area (Å²) in [6.07, 6.45) is 0.